The first kappa shape index (κ1) is 11.7. The number of benzene rings is 1. The van der Waals surface area contributed by atoms with Gasteiger partial charge in [-0.15, -0.1) is 0 Å². The van der Waals surface area contributed by atoms with Gasteiger partial charge in [0, 0.05) is 18.0 Å². The molecule has 88 valence electrons. The van der Waals surface area contributed by atoms with Gasteiger partial charge in [0.1, 0.15) is 6.33 Å². The molecule has 1 atom stereocenters. The zero-order valence-electron chi connectivity index (χ0n) is 10.4. The van der Waals surface area contributed by atoms with E-state index < -0.39 is 0 Å². The average molecular weight is 227 g/mol. The summed E-state index contributed by atoms with van der Waals surface area (Å²) < 4.78 is 0. The molecule has 17 heavy (non-hydrogen) atoms. The molecule has 0 fully saturated rings. The fraction of sp³-hybridized carbons (Fsp3) is 0.286. The Morgan fingerprint density at radius 2 is 1.53 bits per heavy atom. The van der Waals surface area contributed by atoms with Gasteiger partial charge >= 0.3 is 0 Å². The molecule has 0 radical (unpaired) electrons. The fourth-order valence-electron chi connectivity index (χ4n) is 2.32. The summed E-state index contributed by atoms with van der Waals surface area (Å²) in [4.78, 5) is 8.03. The molecule has 0 amide bonds. The third kappa shape index (κ3) is 2.34. The third-order valence-corrected chi connectivity index (χ3v) is 2.99. The van der Waals surface area contributed by atoms with Crippen LogP contribution in [0.4, 0.5) is 0 Å². The normalized spacial score (nSPS) is 12.5. The second-order valence-corrected chi connectivity index (χ2v) is 4.46. The average Bonchev–Trinajstić information content (AvgIpc) is 2.28. The van der Waals surface area contributed by atoms with Gasteiger partial charge in [-0.3, -0.25) is 0 Å². The summed E-state index contributed by atoms with van der Waals surface area (Å²) in [7, 11) is 0. The lowest BCUT2D eigenvalue weighted by atomic mass is 9.92. The largest absolute Gasteiger partial charge is 0.320 e. The molecule has 2 aromatic rings. The van der Waals surface area contributed by atoms with E-state index in [0.717, 1.165) is 5.56 Å². The summed E-state index contributed by atoms with van der Waals surface area (Å²) in [6.07, 6.45) is 5.07. The van der Waals surface area contributed by atoms with E-state index in [1.165, 1.54) is 28.6 Å². The summed E-state index contributed by atoms with van der Waals surface area (Å²) in [6.45, 7) is 6.29. The molecule has 0 spiro atoms. The fourth-order valence-corrected chi connectivity index (χ4v) is 2.32. The molecule has 3 heteroatoms. The molecule has 0 aliphatic rings. The van der Waals surface area contributed by atoms with Gasteiger partial charge in [0.25, 0.3) is 0 Å². The van der Waals surface area contributed by atoms with E-state index in [4.69, 9.17) is 5.73 Å². The van der Waals surface area contributed by atoms with E-state index in [-0.39, 0.29) is 6.04 Å². The van der Waals surface area contributed by atoms with Crippen LogP contribution >= 0.6 is 0 Å². The van der Waals surface area contributed by atoms with Gasteiger partial charge in [-0.05, 0) is 37.5 Å². The van der Waals surface area contributed by atoms with Crippen molar-refractivity contribution in [2.24, 2.45) is 5.73 Å². The Balaban J connectivity index is 2.48. The lowest BCUT2D eigenvalue weighted by molar-refractivity contribution is 0.832. The summed E-state index contributed by atoms with van der Waals surface area (Å²) >= 11 is 0. The lowest BCUT2D eigenvalue weighted by Crippen LogP contribution is -2.15. The van der Waals surface area contributed by atoms with Crippen molar-refractivity contribution in [3.63, 3.8) is 0 Å². The van der Waals surface area contributed by atoms with Crippen LogP contribution in [-0.4, -0.2) is 9.97 Å². The van der Waals surface area contributed by atoms with Crippen molar-refractivity contribution in [2.45, 2.75) is 26.8 Å². The first-order chi connectivity index (χ1) is 8.09. The number of nitrogens with zero attached hydrogens (tertiary/aromatic N) is 2. The number of nitrogens with two attached hydrogens (primary N) is 1. The number of hydrogen-bond donors (Lipinski definition) is 1. The van der Waals surface area contributed by atoms with Crippen LogP contribution in [0.15, 0.2) is 30.9 Å². The van der Waals surface area contributed by atoms with Crippen molar-refractivity contribution in [1.82, 2.24) is 9.97 Å². The summed E-state index contributed by atoms with van der Waals surface area (Å²) in [5, 5.41) is 0. The molecule has 0 saturated carbocycles. The molecule has 2 N–H and O–H groups in total. The minimum absolute atomic E-state index is 0.156. The van der Waals surface area contributed by atoms with Crippen LogP contribution < -0.4 is 5.73 Å². The number of hydrogen-bond acceptors (Lipinski definition) is 3. The van der Waals surface area contributed by atoms with Gasteiger partial charge in [0.05, 0.1) is 6.04 Å². The molecule has 0 saturated heterocycles. The molecule has 0 aliphatic heterocycles. The highest BCUT2D eigenvalue weighted by Gasteiger charge is 2.14. The number of rotatable bonds is 2. The summed E-state index contributed by atoms with van der Waals surface area (Å²) in [6, 6.07) is 4.16. The van der Waals surface area contributed by atoms with Gasteiger partial charge < -0.3 is 5.73 Å². The molecule has 2 rings (SSSR count). The molecular formula is C14H17N3. The second-order valence-electron chi connectivity index (χ2n) is 4.46. The Hall–Kier alpha value is -1.74. The predicted molar refractivity (Wildman–Crippen MR) is 68.7 cm³/mol. The second kappa shape index (κ2) is 4.63. The molecule has 1 aromatic heterocycles. The van der Waals surface area contributed by atoms with Gasteiger partial charge in [-0.2, -0.15) is 0 Å². The van der Waals surface area contributed by atoms with Crippen molar-refractivity contribution in [2.75, 3.05) is 0 Å². The third-order valence-electron chi connectivity index (χ3n) is 2.99. The van der Waals surface area contributed by atoms with E-state index in [1.54, 1.807) is 12.4 Å². The molecule has 1 heterocycles. The van der Waals surface area contributed by atoms with Gasteiger partial charge in [0.15, 0.2) is 0 Å². The highest BCUT2D eigenvalue weighted by atomic mass is 14.8. The first-order valence-electron chi connectivity index (χ1n) is 5.68. The Morgan fingerprint density at radius 3 is 2.06 bits per heavy atom. The predicted octanol–water partition coefficient (Wildman–Crippen LogP) is 2.45. The van der Waals surface area contributed by atoms with Crippen molar-refractivity contribution in [3.05, 3.63) is 58.7 Å². The molecule has 3 nitrogen and oxygen atoms in total. The van der Waals surface area contributed by atoms with Crippen LogP contribution in [0.1, 0.15) is 33.9 Å². The minimum Gasteiger partial charge on any atom is -0.320 e. The maximum absolute atomic E-state index is 6.29. The monoisotopic (exact) mass is 227 g/mol. The highest BCUT2D eigenvalue weighted by Crippen LogP contribution is 2.26. The number of aromatic nitrogens is 2. The molecular weight excluding hydrogens is 210 g/mol. The van der Waals surface area contributed by atoms with Gasteiger partial charge in [-0.1, -0.05) is 17.7 Å². The minimum atomic E-state index is -0.156. The van der Waals surface area contributed by atoms with E-state index >= 15 is 0 Å². The van der Waals surface area contributed by atoms with Crippen LogP contribution in [0.25, 0.3) is 0 Å². The van der Waals surface area contributed by atoms with Crippen LogP contribution in [0.2, 0.25) is 0 Å². The van der Waals surface area contributed by atoms with Crippen molar-refractivity contribution < 1.29 is 0 Å². The zero-order chi connectivity index (χ0) is 12.4. The van der Waals surface area contributed by atoms with Crippen LogP contribution in [0.5, 0.6) is 0 Å². The maximum Gasteiger partial charge on any atom is 0.115 e. The summed E-state index contributed by atoms with van der Waals surface area (Å²) in [5.74, 6) is 0. The SMILES string of the molecule is Cc1cc(C)c(C(N)c2cncnc2)c(C)c1. The zero-order valence-corrected chi connectivity index (χ0v) is 10.4. The topological polar surface area (TPSA) is 51.8 Å². The highest BCUT2D eigenvalue weighted by molar-refractivity contribution is 5.42. The van der Waals surface area contributed by atoms with Crippen LogP contribution in [-0.2, 0) is 0 Å². The molecule has 1 unspecified atom stereocenters. The molecule has 0 aliphatic carbocycles. The Labute approximate surface area is 102 Å². The van der Waals surface area contributed by atoms with E-state index in [0.29, 0.717) is 0 Å². The van der Waals surface area contributed by atoms with E-state index in [2.05, 4.69) is 42.9 Å². The number of aryl methyl sites for hydroxylation is 3. The molecule has 0 bridgehead atoms. The van der Waals surface area contributed by atoms with Gasteiger partial charge in [-0.25, -0.2) is 9.97 Å². The van der Waals surface area contributed by atoms with Crippen molar-refractivity contribution >= 4 is 0 Å². The van der Waals surface area contributed by atoms with Crippen LogP contribution in [0.3, 0.4) is 0 Å². The lowest BCUT2D eigenvalue weighted by Gasteiger charge is -2.18. The Bertz CT molecular complexity index is 497. The Kier molecular flexibility index (Phi) is 3.20. The quantitative estimate of drug-likeness (QED) is 0.857. The molecule has 1 aromatic carbocycles. The van der Waals surface area contributed by atoms with E-state index in [1.807, 2.05) is 0 Å². The Morgan fingerprint density at radius 1 is 1.00 bits per heavy atom. The first-order valence-corrected chi connectivity index (χ1v) is 5.68. The summed E-state index contributed by atoms with van der Waals surface area (Å²) in [5.41, 5.74) is 12.1. The van der Waals surface area contributed by atoms with Crippen LogP contribution in [0, 0.1) is 20.8 Å². The van der Waals surface area contributed by atoms with Gasteiger partial charge in [0.2, 0.25) is 0 Å². The van der Waals surface area contributed by atoms with Crippen molar-refractivity contribution in [1.29, 1.82) is 0 Å². The maximum atomic E-state index is 6.29. The standard InChI is InChI=1S/C14H17N3/c1-9-4-10(2)13(11(3)5-9)14(15)12-6-16-8-17-7-12/h4-8,14H,15H2,1-3H3. The van der Waals surface area contributed by atoms with E-state index in [9.17, 15) is 0 Å². The smallest absolute Gasteiger partial charge is 0.115 e. The van der Waals surface area contributed by atoms with Crippen molar-refractivity contribution in [3.8, 4) is 0 Å².